The minimum atomic E-state index is 0.375. The lowest BCUT2D eigenvalue weighted by molar-refractivity contribution is 0.130. The smallest absolute Gasteiger partial charge is 0.104 e. The maximum atomic E-state index is 5.48. The average molecular weight is 320 g/mol. The highest BCUT2D eigenvalue weighted by Gasteiger charge is 2.22. The van der Waals surface area contributed by atoms with Crippen molar-refractivity contribution < 1.29 is 18.9 Å². The number of rotatable bonds is 14. The maximum absolute atomic E-state index is 5.48. The summed E-state index contributed by atoms with van der Waals surface area (Å²) in [4.78, 5) is 0. The van der Waals surface area contributed by atoms with E-state index < -0.39 is 0 Å². The molecular weight excluding hydrogens is 296 g/mol. The standard InChI is InChI=1S/C14H24O4S2/c1-12(10-19-4-2-15-6-13-8-17-13)11-20-5-3-16-7-14-9-18-14/h13-14H,1-11H2. The minimum Gasteiger partial charge on any atom is -0.378 e. The zero-order chi connectivity index (χ0) is 14.0. The summed E-state index contributed by atoms with van der Waals surface area (Å²) >= 11 is 3.77. The molecular formula is C14H24O4S2. The molecule has 2 aliphatic heterocycles. The Bertz CT molecular complexity index is 254. The molecule has 6 heteroatoms. The topological polar surface area (TPSA) is 43.5 Å². The van der Waals surface area contributed by atoms with Crippen LogP contribution in [-0.2, 0) is 18.9 Å². The van der Waals surface area contributed by atoms with E-state index in [0.717, 1.165) is 62.7 Å². The Balaban J connectivity index is 1.27. The van der Waals surface area contributed by atoms with Gasteiger partial charge < -0.3 is 18.9 Å². The molecule has 0 saturated carbocycles. The van der Waals surface area contributed by atoms with Gasteiger partial charge in [-0.2, -0.15) is 23.5 Å². The van der Waals surface area contributed by atoms with Gasteiger partial charge in [0, 0.05) is 23.0 Å². The van der Waals surface area contributed by atoms with Crippen molar-refractivity contribution in [2.45, 2.75) is 12.2 Å². The van der Waals surface area contributed by atoms with Gasteiger partial charge in [-0.15, -0.1) is 0 Å². The van der Waals surface area contributed by atoms with E-state index in [-0.39, 0.29) is 0 Å². The van der Waals surface area contributed by atoms with Crippen LogP contribution in [0.2, 0.25) is 0 Å². The number of hydrogen-bond donors (Lipinski definition) is 0. The van der Waals surface area contributed by atoms with Gasteiger partial charge in [-0.1, -0.05) is 12.2 Å². The first-order chi connectivity index (χ1) is 9.84. The van der Waals surface area contributed by atoms with Crippen molar-refractivity contribution in [2.75, 3.05) is 62.7 Å². The van der Waals surface area contributed by atoms with Crippen LogP contribution in [0.15, 0.2) is 12.2 Å². The van der Waals surface area contributed by atoms with Crippen LogP contribution in [0.4, 0.5) is 0 Å². The van der Waals surface area contributed by atoms with Crippen LogP contribution in [0.3, 0.4) is 0 Å². The quantitative estimate of drug-likeness (QED) is 0.276. The summed E-state index contributed by atoms with van der Waals surface area (Å²) in [6.07, 6.45) is 0.750. The van der Waals surface area contributed by atoms with Crippen molar-refractivity contribution in [1.82, 2.24) is 0 Å². The van der Waals surface area contributed by atoms with Gasteiger partial charge in [-0.25, -0.2) is 0 Å². The largest absolute Gasteiger partial charge is 0.378 e. The third-order valence-corrected chi connectivity index (χ3v) is 4.90. The fraction of sp³-hybridized carbons (Fsp3) is 0.857. The average Bonchev–Trinajstić information content (AvgIpc) is 3.32. The molecule has 2 rings (SSSR count). The molecule has 0 N–H and O–H groups in total. The van der Waals surface area contributed by atoms with E-state index in [9.17, 15) is 0 Å². The molecule has 0 amide bonds. The van der Waals surface area contributed by atoms with Crippen molar-refractivity contribution in [3.05, 3.63) is 12.2 Å². The molecule has 0 bridgehead atoms. The highest BCUT2D eigenvalue weighted by Crippen LogP contribution is 2.14. The summed E-state index contributed by atoms with van der Waals surface area (Å²) in [6, 6.07) is 0. The fourth-order valence-electron chi connectivity index (χ4n) is 1.47. The van der Waals surface area contributed by atoms with Crippen LogP contribution in [0, 0.1) is 0 Å². The third-order valence-electron chi connectivity index (χ3n) is 2.77. The molecule has 2 unspecified atom stereocenters. The Labute approximate surface area is 129 Å². The van der Waals surface area contributed by atoms with Crippen molar-refractivity contribution in [2.24, 2.45) is 0 Å². The van der Waals surface area contributed by atoms with Crippen LogP contribution in [-0.4, -0.2) is 74.9 Å². The molecule has 2 heterocycles. The van der Waals surface area contributed by atoms with E-state index in [2.05, 4.69) is 6.58 Å². The molecule has 20 heavy (non-hydrogen) atoms. The molecule has 0 aromatic carbocycles. The van der Waals surface area contributed by atoms with Gasteiger partial charge in [0.1, 0.15) is 12.2 Å². The molecule has 0 aromatic rings. The molecule has 2 atom stereocenters. The molecule has 2 fully saturated rings. The Kier molecular flexibility index (Phi) is 8.39. The zero-order valence-electron chi connectivity index (χ0n) is 11.9. The molecule has 0 aromatic heterocycles. The first-order valence-electron chi connectivity index (χ1n) is 7.05. The van der Waals surface area contributed by atoms with Crippen molar-refractivity contribution in [3.8, 4) is 0 Å². The lowest BCUT2D eigenvalue weighted by atomic mass is 10.4. The lowest BCUT2D eigenvalue weighted by Crippen LogP contribution is -2.06. The molecule has 4 nitrogen and oxygen atoms in total. The van der Waals surface area contributed by atoms with Crippen molar-refractivity contribution in [1.29, 1.82) is 0 Å². The predicted molar refractivity (Wildman–Crippen MR) is 84.9 cm³/mol. The van der Waals surface area contributed by atoms with Gasteiger partial charge in [-0.05, 0) is 0 Å². The summed E-state index contributed by atoms with van der Waals surface area (Å²) in [6.45, 7) is 8.97. The number of hydrogen-bond acceptors (Lipinski definition) is 6. The Morgan fingerprint density at radius 3 is 1.80 bits per heavy atom. The van der Waals surface area contributed by atoms with Gasteiger partial charge in [0.05, 0.1) is 39.6 Å². The Morgan fingerprint density at radius 1 is 0.950 bits per heavy atom. The zero-order valence-corrected chi connectivity index (χ0v) is 13.5. The van der Waals surface area contributed by atoms with Gasteiger partial charge in [0.15, 0.2) is 0 Å². The first kappa shape index (κ1) is 16.6. The van der Waals surface area contributed by atoms with Crippen LogP contribution < -0.4 is 0 Å². The molecule has 2 aliphatic rings. The van der Waals surface area contributed by atoms with Gasteiger partial charge >= 0.3 is 0 Å². The van der Waals surface area contributed by atoms with E-state index in [4.69, 9.17) is 18.9 Å². The molecule has 2 saturated heterocycles. The molecule has 116 valence electrons. The number of thioether (sulfide) groups is 2. The van der Waals surface area contributed by atoms with E-state index in [0.29, 0.717) is 12.2 Å². The fourth-order valence-corrected chi connectivity index (χ4v) is 3.14. The highest BCUT2D eigenvalue weighted by atomic mass is 32.2. The van der Waals surface area contributed by atoms with E-state index in [1.807, 2.05) is 23.5 Å². The highest BCUT2D eigenvalue weighted by molar-refractivity contribution is 8.00. The summed E-state index contributed by atoms with van der Waals surface area (Å²) in [5.41, 5.74) is 1.29. The Hall–Kier alpha value is 0.280. The number of ether oxygens (including phenoxy) is 4. The number of epoxide rings is 2. The van der Waals surface area contributed by atoms with Crippen LogP contribution in [0.25, 0.3) is 0 Å². The second-order valence-corrected chi connectivity index (χ2v) is 7.13. The monoisotopic (exact) mass is 320 g/mol. The van der Waals surface area contributed by atoms with Crippen molar-refractivity contribution >= 4 is 23.5 Å². The minimum absolute atomic E-state index is 0.375. The normalized spacial score (nSPS) is 23.8. The lowest BCUT2D eigenvalue weighted by Gasteiger charge is -2.06. The van der Waals surface area contributed by atoms with Crippen LogP contribution in [0.1, 0.15) is 0 Å². The van der Waals surface area contributed by atoms with Crippen LogP contribution in [0.5, 0.6) is 0 Å². The van der Waals surface area contributed by atoms with Crippen LogP contribution >= 0.6 is 23.5 Å². The van der Waals surface area contributed by atoms with E-state index >= 15 is 0 Å². The van der Waals surface area contributed by atoms with Gasteiger partial charge in [0.2, 0.25) is 0 Å². The molecule has 0 aliphatic carbocycles. The second kappa shape index (κ2) is 10.1. The maximum Gasteiger partial charge on any atom is 0.104 e. The van der Waals surface area contributed by atoms with Gasteiger partial charge in [0.25, 0.3) is 0 Å². The SMILES string of the molecule is C=C(CSCCOCC1CO1)CSCCOCC1CO1. The van der Waals surface area contributed by atoms with Crippen molar-refractivity contribution in [3.63, 3.8) is 0 Å². The van der Waals surface area contributed by atoms with Gasteiger partial charge in [-0.3, -0.25) is 0 Å². The summed E-state index contributed by atoms with van der Waals surface area (Å²) in [5.74, 6) is 4.10. The molecule has 0 spiro atoms. The van der Waals surface area contributed by atoms with E-state index in [1.165, 1.54) is 5.57 Å². The third kappa shape index (κ3) is 9.26. The summed E-state index contributed by atoms with van der Waals surface area (Å²) in [5, 5.41) is 0. The second-order valence-electron chi connectivity index (χ2n) is 4.92. The van der Waals surface area contributed by atoms with E-state index in [1.54, 1.807) is 0 Å². The molecule has 0 radical (unpaired) electrons. The Morgan fingerprint density at radius 2 is 1.40 bits per heavy atom. The summed E-state index contributed by atoms with van der Waals surface area (Å²) < 4.78 is 21.1. The first-order valence-corrected chi connectivity index (χ1v) is 9.36. The summed E-state index contributed by atoms with van der Waals surface area (Å²) in [7, 11) is 0. The predicted octanol–water partition coefficient (Wildman–Crippen LogP) is 1.84.